The number of rotatable bonds is 7. The Hall–Kier alpha value is -1.84. The van der Waals surface area contributed by atoms with E-state index in [1.165, 1.54) is 16.8 Å². The van der Waals surface area contributed by atoms with Crippen molar-refractivity contribution in [2.45, 2.75) is 6.54 Å². The fraction of sp³-hybridized carbons (Fsp3) is 0.333. The van der Waals surface area contributed by atoms with Crippen molar-refractivity contribution in [3.05, 3.63) is 44.7 Å². The highest BCUT2D eigenvalue weighted by molar-refractivity contribution is 9.10. The van der Waals surface area contributed by atoms with Crippen molar-refractivity contribution < 1.29 is 9.66 Å². The maximum atomic E-state index is 10.8. The molecule has 0 aliphatic heterocycles. The van der Waals surface area contributed by atoms with E-state index >= 15 is 0 Å². The van der Waals surface area contributed by atoms with Crippen LogP contribution in [0.5, 0.6) is 0 Å². The zero-order valence-electron chi connectivity index (χ0n) is 11.3. The molecule has 0 bridgehead atoms. The lowest BCUT2D eigenvalue weighted by atomic mass is 10.3. The third kappa shape index (κ3) is 4.06. The Balaban J connectivity index is 2.13. The van der Waals surface area contributed by atoms with Crippen molar-refractivity contribution in [2.24, 2.45) is 0 Å². The SMILES string of the molecule is COCCNCc1cn(-c2cc([N+](=O)[O-])ccc2Br)nn1. The summed E-state index contributed by atoms with van der Waals surface area (Å²) in [5.74, 6) is 0. The molecule has 0 fully saturated rings. The average molecular weight is 356 g/mol. The lowest BCUT2D eigenvalue weighted by Gasteiger charge is -2.03. The predicted molar refractivity (Wildman–Crippen MR) is 79.3 cm³/mol. The van der Waals surface area contributed by atoms with Crippen LogP contribution < -0.4 is 5.32 Å². The molecule has 0 radical (unpaired) electrons. The van der Waals surface area contributed by atoms with E-state index in [4.69, 9.17) is 4.74 Å². The first-order chi connectivity index (χ1) is 10.1. The van der Waals surface area contributed by atoms with Crippen LogP contribution in [0.25, 0.3) is 5.69 Å². The largest absolute Gasteiger partial charge is 0.383 e. The fourth-order valence-electron chi connectivity index (χ4n) is 1.68. The van der Waals surface area contributed by atoms with E-state index in [1.54, 1.807) is 19.4 Å². The molecule has 1 aromatic carbocycles. The molecule has 0 saturated heterocycles. The third-order valence-corrected chi connectivity index (χ3v) is 3.39. The van der Waals surface area contributed by atoms with Gasteiger partial charge >= 0.3 is 0 Å². The molecular weight excluding hydrogens is 342 g/mol. The average Bonchev–Trinajstić information content (AvgIpc) is 2.92. The zero-order valence-corrected chi connectivity index (χ0v) is 12.9. The first-order valence-corrected chi connectivity index (χ1v) is 6.96. The molecule has 112 valence electrons. The number of methoxy groups -OCH3 is 1. The number of hydrogen-bond acceptors (Lipinski definition) is 6. The highest BCUT2D eigenvalue weighted by atomic mass is 79.9. The minimum Gasteiger partial charge on any atom is -0.383 e. The number of nitrogens with one attached hydrogen (secondary N) is 1. The molecule has 0 spiro atoms. The summed E-state index contributed by atoms with van der Waals surface area (Å²) in [6.07, 6.45) is 1.73. The molecule has 0 atom stereocenters. The van der Waals surface area contributed by atoms with Crippen molar-refractivity contribution in [1.82, 2.24) is 20.3 Å². The zero-order chi connectivity index (χ0) is 15.2. The highest BCUT2D eigenvalue weighted by Gasteiger charge is 2.12. The molecule has 0 amide bonds. The summed E-state index contributed by atoms with van der Waals surface area (Å²) in [6.45, 7) is 1.88. The molecule has 2 aromatic rings. The number of nitrogens with zero attached hydrogens (tertiary/aromatic N) is 4. The Bertz CT molecular complexity index is 631. The Kier molecular flexibility index (Phi) is 5.37. The lowest BCUT2D eigenvalue weighted by molar-refractivity contribution is -0.384. The molecular formula is C12H14BrN5O3. The van der Waals surface area contributed by atoms with Gasteiger partial charge in [0.25, 0.3) is 5.69 Å². The quantitative estimate of drug-likeness (QED) is 0.461. The Labute approximate surface area is 129 Å². The molecule has 0 unspecified atom stereocenters. The molecule has 0 saturated carbocycles. The van der Waals surface area contributed by atoms with Gasteiger partial charge in [0.15, 0.2) is 0 Å². The van der Waals surface area contributed by atoms with Gasteiger partial charge in [0.05, 0.1) is 29.1 Å². The summed E-state index contributed by atoms with van der Waals surface area (Å²) in [6, 6.07) is 4.49. The first-order valence-electron chi connectivity index (χ1n) is 6.17. The van der Waals surface area contributed by atoms with Gasteiger partial charge in [0.2, 0.25) is 0 Å². The molecule has 0 aliphatic rings. The molecule has 8 nitrogen and oxygen atoms in total. The highest BCUT2D eigenvalue weighted by Crippen LogP contribution is 2.25. The van der Waals surface area contributed by atoms with Crippen LogP contribution in [-0.2, 0) is 11.3 Å². The van der Waals surface area contributed by atoms with Gasteiger partial charge in [-0.25, -0.2) is 4.68 Å². The second-order valence-electron chi connectivity index (χ2n) is 4.22. The molecule has 1 N–H and O–H groups in total. The summed E-state index contributed by atoms with van der Waals surface area (Å²) in [5.41, 5.74) is 1.31. The van der Waals surface area contributed by atoms with E-state index < -0.39 is 4.92 Å². The van der Waals surface area contributed by atoms with Crippen LogP contribution in [-0.4, -0.2) is 40.2 Å². The number of aromatic nitrogens is 3. The van der Waals surface area contributed by atoms with Crippen LogP contribution in [0.3, 0.4) is 0 Å². The molecule has 1 heterocycles. The van der Waals surface area contributed by atoms with Crippen molar-refractivity contribution in [2.75, 3.05) is 20.3 Å². The Morgan fingerprint density at radius 3 is 3.05 bits per heavy atom. The number of nitro benzene ring substituents is 1. The molecule has 2 rings (SSSR count). The second kappa shape index (κ2) is 7.25. The third-order valence-electron chi connectivity index (χ3n) is 2.72. The normalized spacial score (nSPS) is 10.8. The van der Waals surface area contributed by atoms with Gasteiger partial charge in [-0.1, -0.05) is 5.21 Å². The number of non-ortho nitro benzene ring substituents is 1. The monoisotopic (exact) mass is 355 g/mol. The molecule has 9 heteroatoms. The van der Waals surface area contributed by atoms with Gasteiger partial charge in [-0.05, 0) is 22.0 Å². The van der Waals surface area contributed by atoms with Gasteiger partial charge in [0, 0.05) is 36.8 Å². The van der Waals surface area contributed by atoms with Crippen LogP contribution in [0.15, 0.2) is 28.9 Å². The van der Waals surface area contributed by atoms with E-state index in [0.29, 0.717) is 29.9 Å². The minimum atomic E-state index is -0.444. The second-order valence-corrected chi connectivity index (χ2v) is 5.07. The summed E-state index contributed by atoms with van der Waals surface area (Å²) in [4.78, 5) is 10.4. The maximum Gasteiger partial charge on any atom is 0.271 e. The summed E-state index contributed by atoms with van der Waals surface area (Å²) < 4.78 is 7.14. The van der Waals surface area contributed by atoms with Crippen LogP contribution in [0, 0.1) is 10.1 Å². The molecule has 1 aromatic heterocycles. The number of nitro groups is 1. The number of benzene rings is 1. The minimum absolute atomic E-state index is 0.00321. The summed E-state index contributed by atoms with van der Waals surface area (Å²) in [5, 5.41) is 22.0. The fourth-order valence-corrected chi connectivity index (χ4v) is 2.11. The predicted octanol–water partition coefficient (Wildman–Crippen LogP) is 1.67. The summed E-state index contributed by atoms with van der Waals surface area (Å²) in [7, 11) is 1.64. The Morgan fingerprint density at radius 1 is 1.52 bits per heavy atom. The number of hydrogen-bond donors (Lipinski definition) is 1. The van der Waals surface area contributed by atoms with Crippen molar-refractivity contribution in [3.8, 4) is 5.69 Å². The van der Waals surface area contributed by atoms with Gasteiger partial charge in [-0.15, -0.1) is 5.10 Å². The van der Waals surface area contributed by atoms with E-state index in [0.717, 1.165) is 5.69 Å². The van der Waals surface area contributed by atoms with Crippen LogP contribution in [0.4, 0.5) is 5.69 Å². The lowest BCUT2D eigenvalue weighted by Crippen LogP contribution is -2.18. The van der Waals surface area contributed by atoms with Crippen LogP contribution in [0.2, 0.25) is 0 Å². The van der Waals surface area contributed by atoms with E-state index in [1.807, 2.05) is 0 Å². The first kappa shape index (κ1) is 15.5. The van der Waals surface area contributed by atoms with Gasteiger partial charge in [0.1, 0.15) is 0 Å². The van der Waals surface area contributed by atoms with Crippen molar-refractivity contribution in [3.63, 3.8) is 0 Å². The number of halogens is 1. The van der Waals surface area contributed by atoms with Gasteiger partial charge < -0.3 is 10.1 Å². The van der Waals surface area contributed by atoms with Gasteiger partial charge in [-0.2, -0.15) is 0 Å². The molecule has 0 aliphatic carbocycles. The Morgan fingerprint density at radius 2 is 2.33 bits per heavy atom. The van der Waals surface area contributed by atoms with E-state index in [9.17, 15) is 10.1 Å². The summed E-state index contributed by atoms with van der Waals surface area (Å²) >= 11 is 3.36. The maximum absolute atomic E-state index is 10.8. The van der Waals surface area contributed by atoms with Gasteiger partial charge in [-0.3, -0.25) is 10.1 Å². The van der Waals surface area contributed by atoms with Crippen LogP contribution in [0.1, 0.15) is 5.69 Å². The van der Waals surface area contributed by atoms with Crippen molar-refractivity contribution >= 4 is 21.6 Å². The van der Waals surface area contributed by atoms with E-state index in [-0.39, 0.29) is 5.69 Å². The van der Waals surface area contributed by atoms with Crippen molar-refractivity contribution in [1.29, 1.82) is 0 Å². The topological polar surface area (TPSA) is 95.1 Å². The van der Waals surface area contributed by atoms with E-state index in [2.05, 4.69) is 31.6 Å². The standard InChI is InChI=1S/C12H14BrN5O3/c1-21-5-4-14-7-9-8-17(16-15-9)12-6-10(18(19)20)2-3-11(12)13/h2-3,6,8,14H,4-5,7H2,1H3. The molecule has 21 heavy (non-hydrogen) atoms. The smallest absolute Gasteiger partial charge is 0.271 e. The van der Waals surface area contributed by atoms with Crippen LogP contribution >= 0.6 is 15.9 Å². The number of ether oxygens (including phenoxy) is 1.